The van der Waals surface area contributed by atoms with Gasteiger partial charge in [0.15, 0.2) is 5.78 Å². The van der Waals surface area contributed by atoms with Crippen molar-refractivity contribution in [3.63, 3.8) is 0 Å². The normalized spacial score (nSPS) is 27.9. The first kappa shape index (κ1) is 24.1. The maximum atomic E-state index is 13.1. The third-order valence-electron chi connectivity index (χ3n) is 7.49. The molecule has 2 aromatic rings. The zero-order chi connectivity index (χ0) is 25.0. The van der Waals surface area contributed by atoms with Crippen LogP contribution in [-0.4, -0.2) is 43.3 Å². The van der Waals surface area contributed by atoms with Crippen LogP contribution in [0.3, 0.4) is 0 Å². The van der Waals surface area contributed by atoms with Gasteiger partial charge in [-0.3, -0.25) is 4.79 Å². The fraction of sp³-hybridized carbons (Fsp3) is 0.400. The molecule has 35 heavy (non-hydrogen) atoms. The molecule has 1 N–H and O–H groups in total. The summed E-state index contributed by atoms with van der Waals surface area (Å²) >= 11 is 0. The molecule has 0 amide bonds. The zero-order valence-corrected chi connectivity index (χ0v) is 19.5. The molecule has 186 valence electrons. The van der Waals surface area contributed by atoms with Crippen molar-refractivity contribution in [2.75, 3.05) is 13.1 Å². The fourth-order valence-electron chi connectivity index (χ4n) is 5.84. The highest BCUT2D eigenvalue weighted by atomic mass is 32.2. The zero-order valence-electron chi connectivity index (χ0n) is 18.7. The van der Waals surface area contributed by atoms with E-state index in [9.17, 15) is 30.8 Å². The third-order valence-corrected chi connectivity index (χ3v) is 9.07. The lowest BCUT2D eigenvalue weighted by molar-refractivity contribution is -0.136. The Labute approximate surface area is 201 Å². The summed E-state index contributed by atoms with van der Waals surface area (Å²) in [5.41, 5.74) is 2.12. The van der Waals surface area contributed by atoms with E-state index in [1.165, 1.54) is 18.2 Å². The molecular formula is C25H24F4N2O3S. The van der Waals surface area contributed by atoms with Crippen LogP contribution >= 0.6 is 0 Å². The standard InChI is InChI=1S/C25H24F4N2O3S/c26-22-8-1-16(2-9-22)3-10-23(32)18-5-4-17-12-20-6-7-21(13-19(17)11-18)24(20)14-31(15-25(27,28)29)35(33,34)30-24/h1-5,8-11,20-21,30H,6-7,12-15H2/t20-,21+,24+/m0/s1. The van der Waals surface area contributed by atoms with Crippen molar-refractivity contribution in [1.82, 2.24) is 9.03 Å². The summed E-state index contributed by atoms with van der Waals surface area (Å²) < 4.78 is 80.5. The second kappa shape index (κ2) is 8.53. The number of alkyl halides is 3. The smallest absolute Gasteiger partial charge is 0.289 e. The highest BCUT2D eigenvalue weighted by Crippen LogP contribution is 2.50. The maximum absolute atomic E-state index is 13.1. The van der Waals surface area contributed by atoms with Gasteiger partial charge in [0.2, 0.25) is 0 Å². The minimum atomic E-state index is -4.62. The van der Waals surface area contributed by atoms with Gasteiger partial charge in [-0.25, -0.2) is 4.39 Å². The van der Waals surface area contributed by atoms with Crippen molar-refractivity contribution in [2.24, 2.45) is 11.8 Å². The Kier molecular flexibility index (Phi) is 5.89. The molecule has 1 aliphatic heterocycles. The Bertz CT molecular complexity index is 1290. The molecule has 0 aromatic heterocycles. The Morgan fingerprint density at radius 1 is 1.06 bits per heavy atom. The van der Waals surface area contributed by atoms with Gasteiger partial charge >= 0.3 is 6.18 Å². The van der Waals surface area contributed by atoms with E-state index in [1.54, 1.807) is 30.3 Å². The molecule has 3 aliphatic rings. The van der Waals surface area contributed by atoms with Crippen molar-refractivity contribution < 1.29 is 30.8 Å². The Morgan fingerprint density at radius 3 is 2.37 bits per heavy atom. The molecular weight excluding hydrogens is 484 g/mol. The van der Waals surface area contributed by atoms with Gasteiger partial charge in [0, 0.05) is 12.1 Å². The number of allylic oxidation sites excluding steroid dienone is 1. The number of rotatable bonds is 4. The molecule has 0 unspecified atom stereocenters. The van der Waals surface area contributed by atoms with Crippen molar-refractivity contribution in [1.29, 1.82) is 0 Å². The molecule has 1 spiro atoms. The molecule has 5 nitrogen and oxygen atoms in total. The van der Waals surface area contributed by atoms with Crippen molar-refractivity contribution in [3.8, 4) is 0 Å². The predicted octanol–water partition coefficient (Wildman–Crippen LogP) is 4.30. The van der Waals surface area contributed by atoms with Gasteiger partial charge in [-0.2, -0.15) is 30.6 Å². The Morgan fingerprint density at radius 2 is 1.71 bits per heavy atom. The molecule has 10 heteroatoms. The molecule has 2 aromatic carbocycles. The molecule has 2 aliphatic carbocycles. The SMILES string of the molecule is O=C(C=Cc1ccc(F)cc1)c1ccc2c(c1)C[C@H]1CC[C@@H](C2)[C@]12CN(CC(F)(F)F)S(=O)(=O)N2. The lowest BCUT2D eigenvalue weighted by Gasteiger charge is -2.33. The maximum Gasteiger partial charge on any atom is 0.402 e. The molecule has 1 saturated carbocycles. The molecule has 1 heterocycles. The van der Waals surface area contributed by atoms with Crippen LogP contribution in [0.1, 0.15) is 39.9 Å². The van der Waals surface area contributed by atoms with Crippen LogP contribution in [0.25, 0.3) is 6.08 Å². The topological polar surface area (TPSA) is 66.5 Å². The monoisotopic (exact) mass is 508 g/mol. The van der Waals surface area contributed by atoms with Crippen LogP contribution in [0.5, 0.6) is 0 Å². The second-order valence-electron chi connectivity index (χ2n) is 9.64. The van der Waals surface area contributed by atoms with Crippen LogP contribution in [0.4, 0.5) is 17.6 Å². The molecule has 1 saturated heterocycles. The summed E-state index contributed by atoms with van der Waals surface area (Å²) in [6.07, 6.45) is 0.851. The number of carbonyl (C=O) groups is 1. The van der Waals surface area contributed by atoms with Crippen LogP contribution in [0, 0.1) is 17.7 Å². The van der Waals surface area contributed by atoms with Gasteiger partial charge in [0.05, 0.1) is 5.54 Å². The second-order valence-corrected chi connectivity index (χ2v) is 11.3. The van der Waals surface area contributed by atoms with Gasteiger partial charge in [-0.05, 0) is 78.5 Å². The molecule has 2 fully saturated rings. The third kappa shape index (κ3) is 4.66. The number of hydrogen-bond acceptors (Lipinski definition) is 3. The van der Waals surface area contributed by atoms with E-state index in [1.807, 2.05) is 6.07 Å². The molecule has 5 rings (SSSR count). The van der Waals surface area contributed by atoms with Gasteiger partial charge in [0.25, 0.3) is 10.2 Å². The van der Waals surface area contributed by atoms with E-state index >= 15 is 0 Å². The summed E-state index contributed by atoms with van der Waals surface area (Å²) in [4.78, 5) is 12.8. The molecule has 3 atom stereocenters. The number of nitrogens with zero attached hydrogens (tertiary/aromatic N) is 1. The number of carbonyl (C=O) groups excluding carboxylic acids is 1. The lowest BCUT2D eigenvalue weighted by atomic mass is 9.79. The van der Waals surface area contributed by atoms with E-state index in [-0.39, 0.29) is 30.0 Å². The summed E-state index contributed by atoms with van der Waals surface area (Å²) in [5, 5.41) is 0. The first-order chi connectivity index (χ1) is 16.5. The number of benzene rings is 2. The minimum absolute atomic E-state index is 0.123. The summed E-state index contributed by atoms with van der Waals surface area (Å²) in [7, 11) is -4.24. The van der Waals surface area contributed by atoms with Crippen LogP contribution in [0.15, 0.2) is 48.5 Å². The summed E-state index contributed by atoms with van der Waals surface area (Å²) in [6.45, 7) is -1.71. The van der Waals surface area contributed by atoms with Gasteiger partial charge in [0.1, 0.15) is 12.4 Å². The number of halogens is 4. The number of hydrogen-bond donors (Lipinski definition) is 1. The van der Waals surface area contributed by atoms with Crippen molar-refractivity contribution in [3.05, 3.63) is 76.6 Å². The highest BCUT2D eigenvalue weighted by Gasteiger charge is 2.60. The molecule has 2 bridgehead atoms. The van der Waals surface area contributed by atoms with Crippen molar-refractivity contribution in [2.45, 2.75) is 37.4 Å². The minimum Gasteiger partial charge on any atom is -0.289 e. The fourth-order valence-corrected chi connectivity index (χ4v) is 7.55. The Hall–Kier alpha value is -2.56. The average Bonchev–Trinajstić information content (AvgIpc) is 3.16. The first-order valence-corrected chi connectivity index (χ1v) is 12.8. The largest absolute Gasteiger partial charge is 0.402 e. The summed E-state index contributed by atoms with van der Waals surface area (Å²) in [6, 6.07) is 11.1. The van der Waals surface area contributed by atoms with Gasteiger partial charge < -0.3 is 0 Å². The van der Waals surface area contributed by atoms with Crippen molar-refractivity contribution >= 4 is 22.1 Å². The summed E-state index contributed by atoms with van der Waals surface area (Å²) in [5.74, 6) is -0.875. The quantitative estimate of drug-likeness (QED) is 0.381. The predicted molar refractivity (Wildman–Crippen MR) is 122 cm³/mol. The van der Waals surface area contributed by atoms with Crippen LogP contribution < -0.4 is 4.72 Å². The van der Waals surface area contributed by atoms with Gasteiger partial charge in [-0.1, -0.05) is 30.3 Å². The van der Waals surface area contributed by atoms with E-state index in [4.69, 9.17) is 0 Å². The number of ketones is 1. The number of nitrogens with one attached hydrogen (secondary N) is 1. The molecule has 0 radical (unpaired) electrons. The van der Waals surface area contributed by atoms with Gasteiger partial charge in [-0.15, -0.1) is 0 Å². The van der Waals surface area contributed by atoms with Crippen LogP contribution in [-0.2, 0) is 23.1 Å². The van der Waals surface area contributed by atoms with E-state index < -0.39 is 28.5 Å². The van der Waals surface area contributed by atoms with E-state index in [0.717, 1.165) is 17.5 Å². The Balaban J connectivity index is 1.38. The van der Waals surface area contributed by atoms with E-state index in [2.05, 4.69) is 4.72 Å². The van der Waals surface area contributed by atoms with E-state index in [0.29, 0.717) is 34.7 Å². The first-order valence-electron chi connectivity index (χ1n) is 11.4. The number of fused-ring (bicyclic) bond motifs is 1. The lowest BCUT2D eigenvalue weighted by Crippen LogP contribution is -2.52. The van der Waals surface area contributed by atoms with Crippen LogP contribution in [0.2, 0.25) is 0 Å². The average molecular weight is 509 g/mol. The highest BCUT2D eigenvalue weighted by molar-refractivity contribution is 7.87.